The number of hydrogen-bond acceptors (Lipinski definition) is 0. The van der Waals surface area contributed by atoms with Crippen molar-refractivity contribution < 1.29 is 0 Å². The smallest absolute Gasteiger partial charge is 0.000695 e. The predicted molar refractivity (Wildman–Crippen MR) is 183 cm³/mol. The zero-order valence-corrected chi connectivity index (χ0v) is 23.6. The molecular formula is C43H26. The second-order valence-corrected chi connectivity index (χ2v) is 11.9. The summed E-state index contributed by atoms with van der Waals surface area (Å²) in [6, 6.07) is 49.8. The third-order valence-electron chi connectivity index (χ3n) is 9.79. The minimum atomic E-state index is 0.999. The van der Waals surface area contributed by atoms with Crippen molar-refractivity contribution in [2.45, 2.75) is 6.42 Å². The molecule has 0 heteroatoms. The van der Waals surface area contributed by atoms with E-state index in [0.717, 1.165) is 6.42 Å². The molecule has 0 saturated heterocycles. The first-order chi connectivity index (χ1) is 21.4. The minimum absolute atomic E-state index is 0.999. The van der Waals surface area contributed by atoms with E-state index in [4.69, 9.17) is 0 Å². The van der Waals surface area contributed by atoms with Crippen molar-refractivity contribution >= 4 is 60.7 Å². The molecule has 0 unspecified atom stereocenters. The van der Waals surface area contributed by atoms with Gasteiger partial charge < -0.3 is 0 Å². The molecule has 43 heavy (non-hydrogen) atoms. The molecule has 0 radical (unpaired) electrons. The van der Waals surface area contributed by atoms with Gasteiger partial charge in [-0.25, -0.2) is 0 Å². The number of fused-ring (bicyclic) bond motifs is 11. The van der Waals surface area contributed by atoms with Gasteiger partial charge in [-0.3, -0.25) is 0 Å². The molecule has 0 bridgehead atoms. The fraction of sp³-hybridized carbons (Fsp3) is 0.0233. The van der Waals surface area contributed by atoms with Gasteiger partial charge in [0.05, 0.1) is 0 Å². The Morgan fingerprint density at radius 1 is 0.349 bits per heavy atom. The van der Waals surface area contributed by atoms with Gasteiger partial charge in [0.15, 0.2) is 0 Å². The highest BCUT2D eigenvalue weighted by molar-refractivity contribution is 6.39. The third kappa shape index (κ3) is 3.05. The van der Waals surface area contributed by atoms with Crippen LogP contribution >= 0.6 is 0 Å². The number of allylic oxidation sites excluding steroid dienone is 3. The fourth-order valence-electron chi connectivity index (χ4n) is 8.03. The molecule has 0 atom stereocenters. The summed E-state index contributed by atoms with van der Waals surface area (Å²) in [7, 11) is 0. The molecule has 0 aliphatic heterocycles. The van der Waals surface area contributed by atoms with E-state index in [-0.39, 0.29) is 0 Å². The van der Waals surface area contributed by atoms with Gasteiger partial charge in [0.2, 0.25) is 0 Å². The lowest BCUT2D eigenvalue weighted by molar-refractivity contribution is 1.30. The van der Waals surface area contributed by atoms with Gasteiger partial charge in [0.1, 0.15) is 0 Å². The average Bonchev–Trinajstić information content (AvgIpc) is 3.77. The Morgan fingerprint density at radius 2 is 0.860 bits per heavy atom. The number of rotatable bonds is 2. The third-order valence-corrected chi connectivity index (χ3v) is 9.79. The van der Waals surface area contributed by atoms with Crippen LogP contribution in [0.2, 0.25) is 0 Å². The molecule has 3 aliphatic carbocycles. The molecule has 0 N–H and O–H groups in total. The Kier molecular flexibility index (Phi) is 4.59. The zero-order valence-electron chi connectivity index (χ0n) is 23.6. The summed E-state index contributed by atoms with van der Waals surface area (Å²) in [5, 5.41) is 7.78. The van der Waals surface area contributed by atoms with Crippen LogP contribution in [-0.2, 0) is 6.42 Å². The molecule has 7 aromatic rings. The van der Waals surface area contributed by atoms with E-state index in [1.807, 2.05) is 0 Å². The van der Waals surface area contributed by atoms with Crippen LogP contribution in [0.4, 0.5) is 0 Å². The minimum Gasteiger partial charge on any atom is -0.0795 e. The zero-order chi connectivity index (χ0) is 28.1. The van der Waals surface area contributed by atoms with E-state index in [1.54, 1.807) is 0 Å². The lowest BCUT2D eigenvalue weighted by Gasteiger charge is -2.17. The van der Waals surface area contributed by atoms with Crippen molar-refractivity contribution in [2.24, 2.45) is 0 Å². The summed E-state index contributed by atoms with van der Waals surface area (Å²) in [5.41, 5.74) is 16.3. The van der Waals surface area contributed by atoms with Gasteiger partial charge in [0.25, 0.3) is 0 Å². The summed E-state index contributed by atoms with van der Waals surface area (Å²) in [4.78, 5) is 0. The highest BCUT2D eigenvalue weighted by Crippen LogP contribution is 2.61. The first-order valence-corrected chi connectivity index (χ1v) is 15.2. The van der Waals surface area contributed by atoms with Crippen LogP contribution in [0.1, 0.15) is 44.5 Å². The lowest BCUT2D eigenvalue weighted by atomic mass is 9.85. The largest absolute Gasteiger partial charge is 0.0795 e. The fourth-order valence-corrected chi connectivity index (χ4v) is 8.03. The summed E-state index contributed by atoms with van der Waals surface area (Å²) < 4.78 is 0. The van der Waals surface area contributed by atoms with Crippen molar-refractivity contribution in [3.63, 3.8) is 0 Å². The van der Waals surface area contributed by atoms with Crippen molar-refractivity contribution in [3.05, 3.63) is 184 Å². The Hall–Kier alpha value is -5.46. The normalized spacial score (nSPS) is 14.6. The molecule has 0 amide bonds. The van der Waals surface area contributed by atoms with Gasteiger partial charge in [-0.1, -0.05) is 146 Å². The van der Waals surface area contributed by atoms with Crippen LogP contribution in [-0.4, -0.2) is 0 Å². The van der Waals surface area contributed by atoms with Gasteiger partial charge in [-0.15, -0.1) is 0 Å². The molecule has 3 aliphatic rings. The molecule has 0 fully saturated rings. The number of benzene rings is 7. The van der Waals surface area contributed by atoms with Gasteiger partial charge in [-0.2, -0.15) is 0 Å². The van der Waals surface area contributed by atoms with Crippen molar-refractivity contribution in [3.8, 4) is 0 Å². The first kappa shape index (κ1) is 23.1. The molecule has 7 aromatic carbocycles. The lowest BCUT2D eigenvalue weighted by Crippen LogP contribution is -1.97. The van der Waals surface area contributed by atoms with E-state index in [0.29, 0.717) is 0 Å². The quantitative estimate of drug-likeness (QED) is 0.204. The Morgan fingerprint density at radius 3 is 1.53 bits per heavy atom. The van der Waals surface area contributed by atoms with Crippen LogP contribution < -0.4 is 0 Å². The monoisotopic (exact) mass is 542 g/mol. The summed E-state index contributed by atoms with van der Waals surface area (Å²) in [6.45, 7) is 0. The van der Waals surface area contributed by atoms with Crippen molar-refractivity contribution in [2.75, 3.05) is 0 Å². The van der Waals surface area contributed by atoms with Crippen LogP contribution in [0.3, 0.4) is 0 Å². The maximum Gasteiger partial charge on any atom is -0.000695 e. The average molecular weight is 543 g/mol. The molecule has 10 rings (SSSR count). The van der Waals surface area contributed by atoms with E-state index in [9.17, 15) is 0 Å². The molecule has 0 aromatic heterocycles. The van der Waals surface area contributed by atoms with Crippen LogP contribution in [0.25, 0.3) is 60.7 Å². The summed E-state index contributed by atoms with van der Waals surface area (Å²) in [6.07, 6.45) is 5.65. The summed E-state index contributed by atoms with van der Waals surface area (Å²) in [5.74, 6) is 0. The second-order valence-electron chi connectivity index (χ2n) is 11.9. The van der Waals surface area contributed by atoms with E-state index >= 15 is 0 Å². The Bertz CT molecular complexity index is 2460. The molecule has 0 spiro atoms. The van der Waals surface area contributed by atoms with Gasteiger partial charge in [0, 0.05) is 0 Å². The number of hydrogen-bond donors (Lipinski definition) is 0. The highest BCUT2D eigenvalue weighted by Gasteiger charge is 2.40. The van der Waals surface area contributed by atoms with Crippen molar-refractivity contribution in [1.82, 2.24) is 0 Å². The maximum atomic E-state index is 2.39. The Balaban J connectivity index is 1.46. The highest BCUT2D eigenvalue weighted by atomic mass is 14.4. The molecular weight excluding hydrogens is 516 g/mol. The van der Waals surface area contributed by atoms with Crippen LogP contribution in [0.15, 0.2) is 140 Å². The van der Waals surface area contributed by atoms with Crippen LogP contribution in [0.5, 0.6) is 0 Å². The molecule has 0 nitrogen and oxygen atoms in total. The Labute approximate surface area is 250 Å². The summed E-state index contributed by atoms with van der Waals surface area (Å²) >= 11 is 0. The van der Waals surface area contributed by atoms with Crippen molar-refractivity contribution in [1.29, 1.82) is 0 Å². The second kappa shape index (κ2) is 8.53. The predicted octanol–water partition coefficient (Wildman–Crippen LogP) is 11.0. The standard InChI is InChI=1S/C43H26/c1-4-16-30-26(10-1)14-8-20-34(30)40-38-32-17-5-2-11-28(32)22-24-36(38)43-41(35-21-9-15-27-13-7-19-31(27)35)39-33-18-6-3-12-29(33)23-25-37(39)42(40)43/h1-12,14-25H,13H2. The van der Waals surface area contributed by atoms with Crippen LogP contribution in [0, 0.1) is 0 Å². The molecule has 0 heterocycles. The van der Waals surface area contributed by atoms with Gasteiger partial charge >= 0.3 is 0 Å². The molecule has 198 valence electrons. The van der Waals surface area contributed by atoms with E-state index < -0.39 is 0 Å². The topological polar surface area (TPSA) is 0 Å². The van der Waals surface area contributed by atoms with E-state index in [2.05, 4.69) is 146 Å². The maximum absolute atomic E-state index is 2.39. The first-order valence-electron chi connectivity index (χ1n) is 15.2. The van der Waals surface area contributed by atoms with E-state index in [1.165, 1.54) is 99.1 Å². The molecule has 0 saturated carbocycles. The SMILES string of the molecule is C1=Cc2c(cccc2C2=C3C(=C(c4cccc5ccccc45)c4c3ccc3ccccc43)c3ccc4ccccc4c32)C1. The van der Waals surface area contributed by atoms with Gasteiger partial charge in [-0.05, 0) is 106 Å².